The van der Waals surface area contributed by atoms with Crippen LogP contribution in [0.4, 0.5) is 0 Å². The summed E-state index contributed by atoms with van der Waals surface area (Å²) in [5, 5.41) is 0. The van der Waals surface area contributed by atoms with Crippen LogP contribution in [0.2, 0.25) is 0 Å². The first-order valence-corrected chi connectivity index (χ1v) is 3.74. The van der Waals surface area contributed by atoms with Crippen molar-refractivity contribution < 1.29 is 4.74 Å². The molecule has 1 nitrogen and oxygen atoms in total. The summed E-state index contributed by atoms with van der Waals surface area (Å²) >= 11 is 0. The van der Waals surface area contributed by atoms with Crippen LogP contribution in [0.5, 0.6) is 0 Å². The van der Waals surface area contributed by atoms with Crippen molar-refractivity contribution in [3.05, 3.63) is 0 Å². The van der Waals surface area contributed by atoms with Gasteiger partial charge in [0.2, 0.25) is 0 Å². The van der Waals surface area contributed by atoms with Crippen LogP contribution < -0.4 is 0 Å². The monoisotopic (exact) mass is 128 g/mol. The second-order valence-electron chi connectivity index (χ2n) is 3.61. The number of hydrogen-bond acceptors (Lipinski definition) is 1. The molecule has 1 atom stereocenters. The molecule has 1 rings (SSSR count). The van der Waals surface area contributed by atoms with E-state index in [4.69, 9.17) is 4.74 Å². The molecule has 54 valence electrons. The lowest BCUT2D eigenvalue weighted by Gasteiger charge is -2.22. The van der Waals surface area contributed by atoms with Crippen LogP contribution in [0.15, 0.2) is 0 Å². The third-order valence-electron chi connectivity index (χ3n) is 2.39. The molecule has 9 heavy (non-hydrogen) atoms. The van der Waals surface area contributed by atoms with Gasteiger partial charge in [0.25, 0.3) is 0 Å². The molecule has 1 aliphatic rings. The third-order valence-corrected chi connectivity index (χ3v) is 2.39. The molecular weight excluding hydrogens is 112 g/mol. The summed E-state index contributed by atoms with van der Waals surface area (Å²) in [6, 6.07) is 0. The van der Waals surface area contributed by atoms with Gasteiger partial charge in [-0.2, -0.15) is 0 Å². The quantitative estimate of drug-likeness (QED) is 0.525. The van der Waals surface area contributed by atoms with Gasteiger partial charge in [-0.05, 0) is 11.3 Å². The van der Waals surface area contributed by atoms with E-state index in [1.807, 2.05) is 0 Å². The van der Waals surface area contributed by atoms with Gasteiger partial charge in [-0.3, -0.25) is 0 Å². The van der Waals surface area contributed by atoms with E-state index in [2.05, 4.69) is 20.8 Å². The van der Waals surface area contributed by atoms with Gasteiger partial charge >= 0.3 is 0 Å². The van der Waals surface area contributed by atoms with Gasteiger partial charge in [-0.25, -0.2) is 0 Å². The van der Waals surface area contributed by atoms with Crippen molar-refractivity contribution in [1.29, 1.82) is 0 Å². The minimum Gasteiger partial charge on any atom is -0.381 e. The fraction of sp³-hybridized carbons (Fsp3) is 1.00. The Morgan fingerprint density at radius 1 is 1.56 bits per heavy atom. The molecule has 1 saturated heterocycles. The molecule has 0 aromatic heterocycles. The maximum absolute atomic E-state index is 5.36. The highest BCUT2D eigenvalue weighted by molar-refractivity contribution is 4.81. The third kappa shape index (κ3) is 1.26. The van der Waals surface area contributed by atoms with Gasteiger partial charge in [-0.15, -0.1) is 0 Å². The Morgan fingerprint density at radius 3 is 2.44 bits per heavy atom. The lowest BCUT2D eigenvalue weighted by Crippen LogP contribution is -2.20. The summed E-state index contributed by atoms with van der Waals surface area (Å²) < 4.78 is 5.36. The molecule has 0 bridgehead atoms. The van der Waals surface area contributed by atoms with E-state index in [0.717, 1.165) is 19.1 Å². The summed E-state index contributed by atoms with van der Waals surface area (Å²) in [4.78, 5) is 0. The number of hydrogen-bond donors (Lipinski definition) is 0. The SMILES string of the molecule is CC[C@H]1COCC1(C)C. The van der Waals surface area contributed by atoms with E-state index in [1.54, 1.807) is 0 Å². The number of rotatable bonds is 1. The Morgan fingerprint density at radius 2 is 2.22 bits per heavy atom. The Hall–Kier alpha value is -0.0400. The van der Waals surface area contributed by atoms with E-state index in [0.29, 0.717) is 5.41 Å². The van der Waals surface area contributed by atoms with Gasteiger partial charge in [-0.1, -0.05) is 27.2 Å². The molecule has 0 N–H and O–H groups in total. The van der Waals surface area contributed by atoms with Crippen LogP contribution in [0.25, 0.3) is 0 Å². The molecule has 0 aromatic carbocycles. The van der Waals surface area contributed by atoms with Crippen molar-refractivity contribution >= 4 is 0 Å². The maximum atomic E-state index is 5.36. The summed E-state index contributed by atoms with van der Waals surface area (Å²) in [6.45, 7) is 8.73. The highest BCUT2D eigenvalue weighted by Gasteiger charge is 2.33. The summed E-state index contributed by atoms with van der Waals surface area (Å²) in [5.74, 6) is 0.789. The first kappa shape index (κ1) is 7.07. The molecule has 1 heterocycles. The van der Waals surface area contributed by atoms with Gasteiger partial charge in [0.1, 0.15) is 0 Å². The smallest absolute Gasteiger partial charge is 0.0520 e. The van der Waals surface area contributed by atoms with Crippen LogP contribution in [-0.2, 0) is 4.74 Å². The molecule has 0 aromatic rings. The minimum atomic E-state index is 0.439. The molecule has 1 heteroatoms. The van der Waals surface area contributed by atoms with Crippen molar-refractivity contribution in [2.24, 2.45) is 11.3 Å². The van der Waals surface area contributed by atoms with E-state index in [-0.39, 0.29) is 0 Å². The average Bonchev–Trinajstić information content (AvgIpc) is 2.08. The molecule has 0 spiro atoms. The first-order valence-electron chi connectivity index (χ1n) is 3.74. The van der Waals surface area contributed by atoms with Crippen LogP contribution in [0.1, 0.15) is 27.2 Å². The molecule has 0 amide bonds. The summed E-state index contributed by atoms with van der Waals surface area (Å²) in [6.07, 6.45) is 1.26. The fourth-order valence-electron chi connectivity index (χ4n) is 1.48. The Kier molecular flexibility index (Phi) is 1.80. The second kappa shape index (κ2) is 2.30. The molecule has 0 saturated carbocycles. The average molecular weight is 128 g/mol. The zero-order valence-corrected chi connectivity index (χ0v) is 6.61. The predicted molar refractivity (Wildman–Crippen MR) is 38.4 cm³/mol. The van der Waals surface area contributed by atoms with Gasteiger partial charge in [0, 0.05) is 6.61 Å². The topological polar surface area (TPSA) is 9.23 Å². The molecule has 1 fully saturated rings. The predicted octanol–water partition coefficient (Wildman–Crippen LogP) is 2.07. The van der Waals surface area contributed by atoms with E-state index in [1.165, 1.54) is 6.42 Å². The Bertz CT molecular complexity index is 96.7. The van der Waals surface area contributed by atoms with Crippen molar-refractivity contribution in [1.82, 2.24) is 0 Å². The molecular formula is C8H16O. The second-order valence-corrected chi connectivity index (χ2v) is 3.61. The molecule has 0 unspecified atom stereocenters. The lowest BCUT2D eigenvalue weighted by molar-refractivity contribution is 0.166. The van der Waals surface area contributed by atoms with Gasteiger partial charge in [0.05, 0.1) is 6.61 Å². The Labute approximate surface area is 57.4 Å². The first-order chi connectivity index (χ1) is 4.17. The Balaban J connectivity index is 2.52. The van der Waals surface area contributed by atoms with Crippen molar-refractivity contribution in [2.45, 2.75) is 27.2 Å². The van der Waals surface area contributed by atoms with Crippen LogP contribution >= 0.6 is 0 Å². The standard InChI is InChI=1S/C8H16O/c1-4-7-5-9-6-8(7,2)3/h7H,4-6H2,1-3H3/t7-/m0/s1. The molecule has 1 aliphatic heterocycles. The lowest BCUT2D eigenvalue weighted by atomic mass is 9.81. The normalized spacial score (nSPS) is 33.0. The van der Waals surface area contributed by atoms with Crippen molar-refractivity contribution in [3.8, 4) is 0 Å². The van der Waals surface area contributed by atoms with Crippen LogP contribution in [0.3, 0.4) is 0 Å². The van der Waals surface area contributed by atoms with E-state index < -0.39 is 0 Å². The van der Waals surface area contributed by atoms with Crippen molar-refractivity contribution in [2.75, 3.05) is 13.2 Å². The van der Waals surface area contributed by atoms with Crippen molar-refractivity contribution in [3.63, 3.8) is 0 Å². The summed E-state index contributed by atoms with van der Waals surface area (Å²) in [7, 11) is 0. The fourth-order valence-corrected chi connectivity index (χ4v) is 1.48. The zero-order valence-electron chi connectivity index (χ0n) is 6.61. The number of ether oxygens (including phenoxy) is 1. The van der Waals surface area contributed by atoms with Gasteiger partial charge < -0.3 is 4.74 Å². The highest BCUT2D eigenvalue weighted by Crippen LogP contribution is 2.34. The van der Waals surface area contributed by atoms with Gasteiger partial charge in [0.15, 0.2) is 0 Å². The molecule has 0 aliphatic carbocycles. The summed E-state index contributed by atoms with van der Waals surface area (Å²) in [5.41, 5.74) is 0.439. The zero-order chi connectivity index (χ0) is 6.91. The van der Waals surface area contributed by atoms with Crippen LogP contribution in [0, 0.1) is 11.3 Å². The van der Waals surface area contributed by atoms with E-state index >= 15 is 0 Å². The molecule has 0 radical (unpaired) electrons. The van der Waals surface area contributed by atoms with E-state index in [9.17, 15) is 0 Å². The highest BCUT2D eigenvalue weighted by atomic mass is 16.5. The minimum absolute atomic E-state index is 0.439. The largest absolute Gasteiger partial charge is 0.381 e. The van der Waals surface area contributed by atoms with Crippen LogP contribution in [-0.4, -0.2) is 13.2 Å². The maximum Gasteiger partial charge on any atom is 0.0520 e.